The van der Waals surface area contributed by atoms with Gasteiger partial charge >= 0.3 is 5.92 Å². The zero-order valence-electron chi connectivity index (χ0n) is 18.6. The van der Waals surface area contributed by atoms with Gasteiger partial charge in [-0.05, 0) is 81.2 Å². The number of carbonyl (C=O) groups excluding carboxylic acids is 1. The minimum Gasteiger partial charge on any atom is -0.486 e. The lowest BCUT2D eigenvalue weighted by atomic mass is 10.1. The molecule has 0 atom stereocenters. The van der Waals surface area contributed by atoms with E-state index in [0.717, 1.165) is 29.3 Å². The van der Waals surface area contributed by atoms with Crippen molar-refractivity contribution < 1.29 is 23.0 Å². The number of aromatic nitrogens is 1. The molecular formula is C24H26ClF2N3O3S. The van der Waals surface area contributed by atoms with E-state index < -0.39 is 16.8 Å². The molecule has 2 aliphatic rings. The van der Waals surface area contributed by atoms with Gasteiger partial charge in [-0.15, -0.1) is 11.3 Å². The molecule has 6 nitrogen and oxygen atoms in total. The summed E-state index contributed by atoms with van der Waals surface area (Å²) < 4.78 is 38.2. The molecule has 0 unspecified atom stereocenters. The molecule has 2 N–H and O–H groups in total. The molecule has 0 bridgehead atoms. The van der Waals surface area contributed by atoms with Gasteiger partial charge in [0.2, 0.25) is 0 Å². The van der Waals surface area contributed by atoms with Crippen LogP contribution in [0.25, 0.3) is 10.2 Å². The first kappa shape index (κ1) is 24.6. The van der Waals surface area contributed by atoms with Crippen molar-refractivity contribution in [3.05, 3.63) is 52.0 Å². The van der Waals surface area contributed by atoms with E-state index >= 15 is 0 Å². The molecule has 0 spiro atoms. The number of nitrogens with zero attached hydrogens (tertiary/aromatic N) is 2. The van der Waals surface area contributed by atoms with E-state index in [1.54, 1.807) is 12.1 Å². The summed E-state index contributed by atoms with van der Waals surface area (Å²) >= 11 is 6.41. The maximum Gasteiger partial charge on any atom is 0.375 e. The number of thiazole rings is 1. The number of carbonyl (C=O) groups is 1. The summed E-state index contributed by atoms with van der Waals surface area (Å²) in [6, 6.07) is 10.9. The van der Waals surface area contributed by atoms with Crippen molar-refractivity contribution in [1.82, 2.24) is 9.88 Å². The second-order valence-electron chi connectivity index (χ2n) is 8.20. The van der Waals surface area contributed by atoms with E-state index in [2.05, 4.69) is 27.8 Å². The van der Waals surface area contributed by atoms with E-state index in [-0.39, 0.29) is 0 Å². The first-order valence-electron chi connectivity index (χ1n) is 11.2. The van der Waals surface area contributed by atoms with Gasteiger partial charge in [0.15, 0.2) is 16.5 Å². The Kier molecular flexibility index (Phi) is 7.85. The van der Waals surface area contributed by atoms with Crippen molar-refractivity contribution in [3.63, 3.8) is 0 Å². The number of alkyl halides is 2. The van der Waals surface area contributed by atoms with Crippen LogP contribution < -0.4 is 15.2 Å². The van der Waals surface area contributed by atoms with Crippen molar-refractivity contribution in [2.24, 2.45) is 5.73 Å². The molecule has 0 saturated carbocycles. The van der Waals surface area contributed by atoms with Gasteiger partial charge in [-0.1, -0.05) is 17.7 Å². The molecule has 182 valence electrons. The molecule has 0 radical (unpaired) electrons. The number of benzene rings is 2. The summed E-state index contributed by atoms with van der Waals surface area (Å²) in [5, 5.41) is -0.219. The predicted molar refractivity (Wildman–Crippen MR) is 129 cm³/mol. The third kappa shape index (κ3) is 5.95. The lowest BCUT2D eigenvalue weighted by Gasteiger charge is -2.19. The molecule has 2 aliphatic heterocycles. The topological polar surface area (TPSA) is 77.7 Å². The molecule has 10 heteroatoms. The van der Waals surface area contributed by atoms with Crippen molar-refractivity contribution in [2.75, 3.05) is 32.8 Å². The van der Waals surface area contributed by atoms with Gasteiger partial charge in [0.25, 0.3) is 5.91 Å². The molecule has 2 aromatic carbocycles. The maximum absolute atomic E-state index is 13.3. The Balaban J connectivity index is 0.000000162. The van der Waals surface area contributed by atoms with Crippen LogP contribution in [0.5, 0.6) is 11.5 Å². The van der Waals surface area contributed by atoms with Crippen LogP contribution in [0, 0.1) is 0 Å². The molecule has 34 heavy (non-hydrogen) atoms. The molecule has 1 amide bonds. The summed E-state index contributed by atoms with van der Waals surface area (Å²) in [7, 11) is 0. The van der Waals surface area contributed by atoms with Crippen molar-refractivity contribution in [1.29, 1.82) is 0 Å². The Morgan fingerprint density at radius 1 is 1.12 bits per heavy atom. The highest BCUT2D eigenvalue weighted by Crippen LogP contribution is 2.35. The number of hydrogen-bond acceptors (Lipinski definition) is 6. The molecule has 3 aromatic rings. The van der Waals surface area contributed by atoms with Crippen LogP contribution >= 0.6 is 22.9 Å². The fraction of sp³-hybridized carbons (Fsp3) is 0.417. The number of amides is 1. The van der Waals surface area contributed by atoms with E-state index in [1.165, 1.54) is 50.5 Å². The first-order valence-corrected chi connectivity index (χ1v) is 12.4. The Hall–Kier alpha value is -2.49. The zero-order valence-corrected chi connectivity index (χ0v) is 20.1. The number of likely N-dealkylation sites (tertiary alicyclic amines) is 1. The molecule has 5 rings (SSSR count). The predicted octanol–water partition coefficient (Wildman–Crippen LogP) is 5.01. The van der Waals surface area contributed by atoms with Crippen LogP contribution in [-0.2, 0) is 17.1 Å². The van der Waals surface area contributed by atoms with Crippen LogP contribution in [0.3, 0.4) is 0 Å². The number of aryl methyl sites for hydroxylation is 1. The van der Waals surface area contributed by atoms with Crippen molar-refractivity contribution in [2.45, 2.75) is 31.6 Å². The van der Waals surface area contributed by atoms with E-state index in [9.17, 15) is 13.6 Å². The number of halogens is 3. The van der Waals surface area contributed by atoms with Crippen molar-refractivity contribution in [3.8, 4) is 11.5 Å². The SMILES string of the molecule is NC(=O)C(F)(F)c1nc2cc(Cl)ccc2s1.c1cc2c(cc1CCCN1CCCC1)OCCO2. The fourth-order valence-corrected chi connectivity index (χ4v) is 4.99. The Morgan fingerprint density at radius 2 is 1.85 bits per heavy atom. The average molecular weight is 510 g/mol. The molecule has 3 heterocycles. The van der Waals surface area contributed by atoms with E-state index in [0.29, 0.717) is 28.5 Å². The van der Waals surface area contributed by atoms with Crippen molar-refractivity contribution >= 4 is 39.1 Å². The van der Waals surface area contributed by atoms with Gasteiger partial charge in [-0.3, -0.25) is 4.79 Å². The minimum absolute atomic E-state index is 0.327. The quantitative estimate of drug-likeness (QED) is 0.505. The normalized spacial score (nSPS) is 15.7. The van der Waals surface area contributed by atoms with Gasteiger partial charge < -0.3 is 20.1 Å². The van der Waals surface area contributed by atoms with Gasteiger partial charge in [0.1, 0.15) is 13.2 Å². The number of primary amides is 1. The average Bonchev–Trinajstić information content (AvgIpc) is 3.49. The number of fused-ring (bicyclic) bond motifs is 2. The van der Waals surface area contributed by atoms with Gasteiger partial charge in [0, 0.05) is 5.02 Å². The Bertz CT molecular complexity index is 1150. The largest absolute Gasteiger partial charge is 0.486 e. The minimum atomic E-state index is -3.74. The molecule has 1 saturated heterocycles. The standard InChI is InChI=1S/C15H21NO2.C9H5ClF2N2OS/c1-2-8-16(7-1)9-3-4-13-5-6-14-15(12-13)18-11-10-17-14;10-4-1-2-6-5(3-4)14-8(16-6)9(11,12)7(13)15/h5-6,12H,1-4,7-11H2;1-3H,(H2,13,15). The summed E-state index contributed by atoms with van der Waals surface area (Å²) in [6.45, 7) is 5.16. The van der Waals surface area contributed by atoms with E-state index in [4.69, 9.17) is 21.1 Å². The number of ether oxygens (including phenoxy) is 2. The number of rotatable bonds is 6. The maximum atomic E-state index is 13.3. The van der Waals surface area contributed by atoms with Crippen LogP contribution in [0.1, 0.15) is 29.8 Å². The first-order chi connectivity index (χ1) is 16.3. The Labute approximate surface area is 205 Å². The highest BCUT2D eigenvalue weighted by molar-refractivity contribution is 7.18. The summed E-state index contributed by atoms with van der Waals surface area (Å²) in [6.07, 6.45) is 5.13. The van der Waals surface area contributed by atoms with Gasteiger partial charge in [-0.25, -0.2) is 4.98 Å². The summed E-state index contributed by atoms with van der Waals surface area (Å²) in [5.74, 6) is -3.64. The monoisotopic (exact) mass is 509 g/mol. The summed E-state index contributed by atoms with van der Waals surface area (Å²) in [5.41, 5.74) is 6.29. The number of nitrogens with two attached hydrogens (primary N) is 1. The van der Waals surface area contributed by atoms with E-state index in [1.807, 2.05) is 6.07 Å². The lowest BCUT2D eigenvalue weighted by molar-refractivity contribution is -0.143. The highest BCUT2D eigenvalue weighted by Gasteiger charge is 2.42. The highest BCUT2D eigenvalue weighted by atomic mass is 35.5. The third-order valence-electron chi connectivity index (χ3n) is 5.67. The summed E-state index contributed by atoms with van der Waals surface area (Å²) in [4.78, 5) is 16.8. The smallest absolute Gasteiger partial charge is 0.375 e. The third-order valence-corrected chi connectivity index (χ3v) is 7.01. The molecule has 1 fully saturated rings. The van der Waals surface area contributed by atoms with Gasteiger partial charge in [0.05, 0.1) is 10.2 Å². The van der Waals surface area contributed by atoms with Crippen LogP contribution in [-0.4, -0.2) is 48.6 Å². The molecular weight excluding hydrogens is 484 g/mol. The number of hydrogen-bond donors (Lipinski definition) is 1. The van der Waals surface area contributed by atoms with Crippen LogP contribution in [0.15, 0.2) is 36.4 Å². The second kappa shape index (κ2) is 10.8. The second-order valence-corrected chi connectivity index (χ2v) is 9.67. The molecule has 0 aliphatic carbocycles. The van der Waals surface area contributed by atoms with Gasteiger partial charge in [-0.2, -0.15) is 8.78 Å². The molecule has 1 aromatic heterocycles. The Morgan fingerprint density at radius 3 is 2.59 bits per heavy atom. The zero-order chi connectivity index (χ0) is 24.1. The fourth-order valence-electron chi connectivity index (χ4n) is 3.90. The van der Waals surface area contributed by atoms with Crippen LogP contribution in [0.4, 0.5) is 8.78 Å². The lowest BCUT2D eigenvalue weighted by Crippen LogP contribution is -2.32. The van der Waals surface area contributed by atoms with Crippen LogP contribution in [0.2, 0.25) is 5.02 Å².